The van der Waals surface area contributed by atoms with Gasteiger partial charge in [-0.25, -0.2) is 0 Å². The molecule has 3 aromatic carbocycles. The van der Waals surface area contributed by atoms with E-state index in [1.54, 1.807) is 18.9 Å². The number of hydrogen-bond acceptors (Lipinski definition) is 6. The minimum Gasteiger partial charge on any atom is -0.497 e. The number of nitrogens with one attached hydrogen (secondary N) is 1. The number of carbonyl (C=O) groups excluding carboxylic acids is 1. The monoisotopic (exact) mass is 462 g/mol. The Labute approximate surface area is 195 Å². The molecule has 0 saturated carbocycles. The Morgan fingerprint density at radius 2 is 1.78 bits per heavy atom. The van der Waals surface area contributed by atoms with Crippen LogP contribution in [-0.4, -0.2) is 39.8 Å². The third-order valence-electron chi connectivity index (χ3n) is 4.69. The predicted octanol–water partition coefficient (Wildman–Crippen LogP) is 5.40. The fourth-order valence-electron chi connectivity index (χ4n) is 3.19. The van der Waals surface area contributed by atoms with E-state index in [1.807, 2.05) is 89.7 Å². The van der Waals surface area contributed by atoms with Crippen molar-refractivity contribution >= 4 is 35.1 Å². The molecule has 6 nitrogen and oxygen atoms in total. The van der Waals surface area contributed by atoms with E-state index < -0.39 is 0 Å². The van der Waals surface area contributed by atoms with Gasteiger partial charge in [-0.1, -0.05) is 54.2 Å². The first-order chi connectivity index (χ1) is 15.7. The van der Waals surface area contributed by atoms with E-state index in [2.05, 4.69) is 15.5 Å². The first kappa shape index (κ1) is 22.0. The molecule has 4 aromatic rings. The lowest BCUT2D eigenvalue weighted by molar-refractivity contribution is -0.113. The van der Waals surface area contributed by atoms with Gasteiger partial charge in [0.25, 0.3) is 0 Å². The predicted molar refractivity (Wildman–Crippen MR) is 131 cm³/mol. The Morgan fingerprint density at radius 3 is 2.56 bits per heavy atom. The Hall–Kier alpha value is -3.23. The Morgan fingerprint density at radius 1 is 1.00 bits per heavy atom. The van der Waals surface area contributed by atoms with Crippen molar-refractivity contribution in [2.75, 3.05) is 24.4 Å². The van der Waals surface area contributed by atoms with Gasteiger partial charge in [0, 0.05) is 16.1 Å². The molecule has 162 valence electrons. The molecule has 0 bridgehead atoms. The summed E-state index contributed by atoms with van der Waals surface area (Å²) in [5, 5.41) is 12.4. The lowest BCUT2D eigenvalue weighted by atomic mass is 10.2. The zero-order valence-corrected chi connectivity index (χ0v) is 19.3. The number of rotatable bonds is 8. The van der Waals surface area contributed by atoms with Crippen LogP contribution in [0.2, 0.25) is 0 Å². The van der Waals surface area contributed by atoms with Crippen LogP contribution in [-0.2, 0) is 4.79 Å². The normalized spacial score (nSPS) is 10.7. The second kappa shape index (κ2) is 10.4. The van der Waals surface area contributed by atoms with Crippen molar-refractivity contribution in [3.05, 3.63) is 78.9 Å². The van der Waals surface area contributed by atoms with Gasteiger partial charge in [0.1, 0.15) is 5.75 Å². The van der Waals surface area contributed by atoms with Crippen LogP contribution in [0.5, 0.6) is 5.75 Å². The maximum atomic E-state index is 12.6. The number of carbonyl (C=O) groups is 1. The second-order valence-electron chi connectivity index (χ2n) is 6.75. The van der Waals surface area contributed by atoms with Gasteiger partial charge in [-0.05, 0) is 42.7 Å². The largest absolute Gasteiger partial charge is 0.497 e. The van der Waals surface area contributed by atoms with E-state index in [0.717, 1.165) is 27.6 Å². The summed E-state index contributed by atoms with van der Waals surface area (Å²) in [4.78, 5) is 13.7. The van der Waals surface area contributed by atoms with Crippen molar-refractivity contribution in [1.82, 2.24) is 14.8 Å². The van der Waals surface area contributed by atoms with E-state index >= 15 is 0 Å². The zero-order valence-electron chi connectivity index (χ0n) is 17.7. The van der Waals surface area contributed by atoms with Crippen molar-refractivity contribution in [2.45, 2.75) is 10.1 Å². The molecule has 0 aliphatic carbocycles. The second-order valence-corrected chi connectivity index (χ2v) is 8.54. The minimum absolute atomic E-state index is 0.0953. The van der Waals surface area contributed by atoms with Gasteiger partial charge < -0.3 is 10.1 Å². The van der Waals surface area contributed by atoms with Gasteiger partial charge in [-0.15, -0.1) is 22.0 Å². The van der Waals surface area contributed by atoms with Crippen molar-refractivity contribution in [1.29, 1.82) is 0 Å². The molecule has 1 amide bonds. The molecule has 0 aliphatic rings. The number of amides is 1. The SMILES string of the molecule is COc1cccc(-c2nnc(SCC(=O)Nc3ccccc3SC)n2-c2ccccc2)c1. The van der Waals surface area contributed by atoms with E-state index in [4.69, 9.17) is 4.74 Å². The lowest BCUT2D eigenvalue weighted by Crippen LogP contribution is -2.15. The number of ether oxygens (including phenoxy) is 1. The first-order valence-corrected chi connectivity index (χ1v) is 12.1. The summed E-state index contributed by atoms with van der Waals surface area (Å²) in [5.74, 6) is 1.55. The van der Waals surface area contributed by atoms with Crippen LogP contribution in [0.25, 0.3) is 17.1 Å². The van der Waals surface area contributed by atoms with Crippen LogP contribution in [0.3, 0.4) is 0 Å². The van der Waals surface area contributed by atoms with Gasteiger partial charge in [0.05, 0.1) is 18.6 Å². The fraction of sp³-hybridized carbons (Fsp3) is 0.125. The van der Waals surface area contributed by atoms with Gasteiger partial charge in [0.2, 0.25) is 5.91 Å². The van der Waals surface area contributed by atoms with Gasteiger partial charge in [-0.3, -0.25) is 9.36 Å². The molecule has 1 aromatic heterocycles. The van der Waals surface area contributed by atoms with Crippen LogP contribution < -0.4 is 10.1 Å². The van der Waals surface area contributed by atoms with Crippen molar-refractivity contribution in [3.8, 4) is 22.8 Å². The summed E-state index contributed by atoms with van der Waals surface area (Å²) in [6, 6.07) is 25.3. The van der Waals surface area contributed by atoms with Gasteiger partial charge >= 0.3 is 0 Å². The maximum absolute atomic E-state index is 12.6. The Bertz CT molecular complexity index is 1210. The summed E-state index contributed by atoms with van der Waals surface area (Å²) in [6.07, 6.45) is 1.99. The van der Waals surface area contributed by atoms with Gasteiger partial charge in [0.15, 0.2) is 11.0 Å². The Balaban J connectivity index is 1.60. The highest BCUT2D eigenvalue weighted by Gasteiger charge is 2.18. The molecule has 0 fully saturated rings. The third kappa shape index (κ3) is 4.98. The molecule has 0 atom stereocenters. The smallest absolute Gasteiger partial charge is 0.234 e. The molecule has 32 heavy (non-hydrogen) atoms. The van der Waals surface area contributed by atoms with Crippen LogP contribution in [0.4, 0.5) is 5.69 Å². The summed E-state index contributed by atoms with van der Waals surface area (Å²) in [7, 11) is 1.64. The molecule has 0 spiro atoms. The third-order valence-corrected chi connectivity index (χ3v) is 6.41. The van der Waals surface area contributed by atoms with Gasteiger partial charge in [-0.2, -0.15) is 0 Å². The maximum Gasteiger partial charge on any atom is 0.234 e. The van der Waals surface area contributed by atoms with E-state index in [1.165, 1.54) is 11.8 Å². The van der Waals surface area contributed by atoms with Crippen molar-refractivity contribution < 1.29 is 9.53 Å². The summed E-state index contributed by atoms with van der Waals surface area (Å²) in [6.45, 7) is 0. The molecule has 0 radical (unpaired) electrons. The van der Waals surface area contributed by atoms with E-state index in [-0.39, 0.29) is 11.7 Å². The summed E-state index contributed by atoms with van der Waals surface area (Å²) in [5.41, 5.74) is 2.61. The summed E-state index contributed by atoms with van der Waals surface area (Å²) >= 11 is 2.94. The number of benzene rings is 3. The fourth-order valence-corrected chi connectivity index (χ4v) is 4.49. The highest BCUT2D eigenvalue weighted by Crippen LogP contribution is 2.30. The molecular weight excluding hydrogens is 440 g/mol. The standard InChI is InChI=1S/C24H22N4O2S2/c1-30-19-12-8-9-17(15-19)23-26-27-24(28(23)18-10-4-3-5-11-18)32-16-22(29)25-20-13-6-7-14-21(20)31-2/h3-15H,16H2,1-2H3,(H,25,29). The molecule has 0 unspecified atom stereocenters. The molecule has 0 saturated heterocycles. The zero-order chi connectivity index (χ0) is 22.3. The minimum atomic E-state index is -0.0953. The first-order valence-electron chi connectivity index (χ1n) is 9.90. The van der Waals surface area contributed by atoms with Crippen molar-refractivity contribution in [2.24, 2.45) is 0 Å². The number of aromatic nitrogens is 3. The van der Waals surface area contributed by atoms with Crippen molar-refractivity contribution in [3.63, 3.8) is 0 Å². The lowest BCUT2D eigenvalue weighted by Gasteiger charge is -2.11. The highest BCUT2D eigenvalue weighted by molar-refractivity contribution is 7.99. The molecule has 0 aliphatic heterocycles. The topological polar surface area (TPSA) is 69.0 Å². The highest BCUT2D eigenvalue weighted by atomic mass is 32.2. The number of anilines is 1. The van der Waals surface area contributed by atoms with Crippen LogP contribution >= 0.6 is 23.5 Å². The number of nitrogens with zero attached hydrogens (tertiary/aromatic N) is 3. The quantitative estimate of drug-likeness (QED) is 0.354. The van der Waals surface area contributed by atoms with E-state index in [0.29, 0.717) is 11.0 Å². The average Bonchev–Trinajstić information content (AvgIpc) is 3.27. The van der Waals surface area contributed by atoms with Crippen LogP contribution in [0.1, 0.15) is 0 Å². The van der Waals surface area contributed by atoms with E-state index in [9.17, 15) is 4.79 Å². The molecule has 4 rings (SSSR count). The number of para-hydroxylation sites is 2. The molecular formula is C24H22N4O2S2. The molecule has 8 heteroatoms. The van der Waals surface area contributed by atoms with Crippen LogP contribution in [0, 0.1) is 0 Å². The average molecular weight is 463 g/mol. The molecule has 1 N–H and O–H groups in total. The number of thioether (sulfide) groups is 2. The number of methoxy groups -OCH3 is 1. The summed E-state index contributed by atoms with van der Waals surface area (Å²) < 4.78 is 7.33. The Kier molecular flexibility index (Phi) is 7.14. The number of hydrogen-bond donors (Lipinski definition) is 1. The molecule has 1 heterocycles. The van der Waals surface area contributed by atoms with Crippen LogP contribution in [0.15, 0.2) is 88.9 Å².